The summed E-state index contributed by atoms with van der Waals surface area (Å²) in [5.74, 6) is -1.61. The number of benzene rings is 6. The van der Waals surface area contributed by atoms with Crippen LogP contribution in [0.1, 0.15) is 101 Å². The van der Waals surface area contributed by atoms with Gasteiger partial charge in [-0.25, -0.2) is 0 Å². The third-order valence-corrected chi connectivity index (χ3v) is 12.6. The van der Waals surface area contributed by atoms with Gasteiger partial charge in [-0.05, 0) is 116 Å². The van der Waals surface area contributed by atoms with Crippen molar-refractivity contribution in [2.45, 2.75) is 102 Å². The normalized spacial score (nSPS) is 15.6. The Morgan fingerprint density at radius 1 is 0.523 bits per heavy atom. The lowest BCUT2D eigenvalue weighted by atomic mass is 9.78. The number of ether oxygens (including phenoxy) is 2. The Morgan fingerprint density at radius 2 is 0.862 bits per heavy atom. The number of esters is 2. The van der Waals surface area contributed by atoms with Crippen LogP contribution in [0.5, 0.6) is 0 Å². The van der Waals surface area contributed by atoms with Crippen LogP contribution in [0.2, 0.25) is 0 Å². The summed E-state index contributed by atoms with van der Waals surface area (Å²) in [5, 5.41) is 7.72. The zero-order chi connectivity index (χ0) is 46.0. The highest BCUT2D eigenvalue weighted by Crippen LogP contribution is 2.53. The molecule has 2 N–H and O–H groups in total. The molecule has 332 valence electrons. The second-order valence-corrected chi connectivity index (χ2v) is 19.3. The van der Waals surface area contributed by atoms with Gasteiger partial charge in [-0.2, -0.15) is 0 Å². The summed E-state index contributed by atoms with van der Waals surface area (Å²) in [6.07, 6.45) is 2.39. The number of hydrogen-bond acceptors (Lipinski definition) is 7. The summed E-state index contributed by atoms with van der Waals surface area (Å²) in [4.78, 5) is 44.1. The molecule has 3 atom stereocenters. The van der Waals surface area contributed by atoms with Gasteiger partial charge in [0.05, 0.1) is 11.1 Å². The molecule has 0 saturated carbocycles. The first kappa shape index (κ1) is 45.2. The zero-order valence-electron chi connectivity index (χ0n) is 38.4. The van der Waals surface area contributed by atoms with Crippen molar-refractivity contribution in [2.24, 2.45) is 5.92 Å². The van der Waals surface area contributed by atoms with Crippen molar-refractivity contribution in [1.29, 1.82) is 0 Å². The van der Waals surface area contributed by atoms with Gasteiger partial charge in [-0.1, -0.05) is 164 Å². The maximum absolute atomic E-state index is 14.9. The van der Waals surface area contributed by atoms with Gasteiger partial charge < -0.3 is 9.47 Å². The molecule has 0 heterocycles. The highest BCUT2D eigenvalue weighted by Gasteiger charge is 2.49. The molecule has 6 aromatic rings. The fourth-order valence-corrected chi connectivity index (χ4v) is 10.0. The molecule has 2 aliphatic carbocycles. The average molecular weight is 865 g/mol. The van der Waals surface area contributed by atoms with Gasteiger partial charge in [-0.15, -0.1) is 6.58 Å². The minimum absolute atomic E-state index is 0.0418. The highest BCUT2D eigenvalue weighted by atomic mass is 16.6. The van der Waals surface area contributed by atoms with Crippen LogP contribution in [0.15, 0.2) is 170 Å². The van der Waals surface area contributed by atoms with Gasteiger partial charge >= 0.3 is 11.9 Å². The van der Waals surface area contributed by atoms with E-state index in [0.717, 1.165) is 55.6 Å². The summed E-state index contributed by atoms with van der Waals surface area (Å²) < 4.78 is 12.3. The lowest BCUT2D eigenvalue weighted by Gasteiger charge is -2.39. The molecule has 0 saturated heterocycles. The van der Waals surface area contributed by atoms with Crippen LogP contribution in [-0.2, 0) is 34.9 Å². The summed E-state index contributed by atoms with van der Waals surface area (Å²) in [7, 11) is 0. The lowest BCUT2D eigenvalue weighted by Crippen LogP contribution is -2.54. The smallest absolute Gasteiger partial charge is 0.323 e. The van der Waals surface area contributed by atoms with Crippen molar-refractivity contribution < 1.29 is 23.9 Å². The van der Waals surface area contributed by atoms with Crippen LogP contribution in [0.25, 0.3) is 22.3 Å². The predicted octanol–water partition coefficient (Wildman–Crippen LogP) is 11.5. The maximum Gasteiger partial charge on any atom is 0.323 e. The zero-order valence-corrected chi connectivity index (χ0v) is 38.4. The van der Waals surface area contributed by atoms with E-state index >= 15 is 0 Å². The molecule has 7 heteroatoms. The van der Waals surface area contributed by atoms with Crippen molar-refractivity contribution in [3.8, 4) is 22.3 Å². The average Bonchev–Trinajstić information content (AvgIpc) is 3.74. The van der Waals surface area contributed by atoms with Crippen LogP contribution in [0.4, 0.5) is 0 Å². The van der Waals surface area contributed by atoms with Crippen molar-refractivity contribution in [2.75, 3.05) is 0 Å². The first-order valence-electron chi connectivity index (χ1n) is 22.8. The van der Waals surface area contributed by atoms with Gasteiger partial charge in [0.2, 0.25) is 0 Å². The SMILES string of the molecule is C=CC[C@@H](C[C@H](NC1(c2ccccc2)c2ccccc2-c2ccccc21)C(=O)OC(C)(C)C)C(=O)CC[C@H](NC1(c2ccccc2)c2ccccc2-c2ccccc21)C(=O)OC(C)(C)C. The van der Waals surface area contributed by atoms with E-state index in [9.17, 15) is 14.4 Å². The van der Waals surface area contributed by atoms with Gasteiger partial charge in [0.25, 0.3) is 0 Å². The molecule has 0 fully saturated rings. The van der Waals surface area contributed by atoms with Crippen molar-refractivity contribution in [1.82, 2.24) is 10.6 Å². The fourth-order valence-electron chi connectivity index (χ4n) is 10.0. The second kappa shape index (κ2) is 18.2. The first-order valence-corrected chi connectivity index (χ1v) is 22.8. The maximum atomic E-state index is 14.9. The Labute approximate surface area is 384 Å². The predicted molar refractivity (Wildman–Crippen MR) is 259 cm³/mol. The minimum Gasteiger partial charge on any atom is -0.459 e. The molecule has 0 amide bonds. The van der Waals surface area contributed by atoms with Gasteiger partial charge in [0, 0.05) is 12.3 Å². The number of allylic oxidation sites excluding steroid dienone is 1. The summed E-state index contributed by atoms with van der Waals surface area (Å²) in [6, 6.07) is 51.7. The number of hydrogen-bond donors (Lipinski definition) is 2. The fraction of sp³-hybridized carbons (Fsp3) is 0.293. The van der Waals surface area contributed by atoms with Crippen LogP contribution in [-0.4, -0.2) is 41.0 Å². The molecule has 0 bridgehead atoms. The Bertz CT molecular complexity index is 2600. The topological polar surface area (TPSA) is 93.7 Å². The van der Waals surface area contributed by atoms with Crippen molar-refractivity contribution in [3.05, 3.63) is 204 Å². The molecule has 0 radical (unpaired) electrons. The Kier molecular flexibility index (Phi) is 12.7. The van der Waals surface area contributed by atoms with Crippen LogP contribution in [0, 0.1) is 5.92 Å². The first-order chi connectivity index (χ1) is 31.2. The molecule has 7 nitrogen and oxygen atoms in total. The van der Waals surface area contributed by atoms with Crippen LogP contribution in [0.3, 0.4) is 0 Å². The number of Topliss-reactive ketones (excluding diaryl/α,β-unsaturated/α-hetero) is 1. The molecule has 0 aliphatic heterocycles. The number of nitrogens with one attached hydrogen (secondary N) is 2. The summed E-state index contributed by atoms with van der Waals surface area (Å²) in [6.45, 7) is 15.2. The lowest BCUT2D eigenvalue weighted by molar-refractivity contribution is -0.159. The Balaban J connectivity index is 1.16. The Morgan fingerprint density at radius 3 is 1.23 bits per heavy atom. The number of carbonyl (C=O) groups is 3. The number of ketones is 1. The molecule has 6 aromatic carbocycles. The van der Waals surface area contributed by atoms with Gasteiger partial charge in [-0.3, -0.25) is 25.0 Å². The third-order valence-electron chi connectivity index (χ3n) is 12.6. The summed E-state index contributed by atoms with van der Waals surface area (Å²) >= 11 is 0. The van der Waals surface area contributed by atoms with Crippen molar-refractivity contribution in [3.63, 3.8) is 0 Å². The van der Waals surface area contributed by atoms with E-state index in [0.29, 0.717) is 6.42 Å². The second-order valence-electron chi connectivity index (χ2n) is 19.3. The number of fused-ring (bicyclic) bond motifs is 6. The number of carbonyl (C=O) groups excluding carboxylic acids is 3. The number of rotatable bonds is 16. The molecule has 65 heavy (non-hydrogen) atoms. The van der Waals surface area contributed by atoms with E-state index in [1.165, 1.54) is 0 Å². The van der Waals surface area contributed by atoms with Crippen LogP contribution < -0.4 is 10.6 Å². The monoisotopic (exact) mass is 864 g/mol. The largest absolute Gasteiger partial charge is 0.459 e. The van der Waals surface area contributed by atoms with Crippen molar-refractivity contribution >= 4 is 17.7 Å². The van der Waals surface area contributed by atoms with E-state index < -0.39 is 52.2 Å². The van der Waals surface area contributed by atoms with E-state index in [1.807, 2.05) is 126 Å². The third kappa shape index (κ3) is 8.88. The van der Waals surface area contributed by atoms with E-state index in [4.69, 9.17) is 9.47 Å². The van der Waals surface area contributed by atoms with Gasteiger partial charge in [0.15, 0.2) is 0 Å². The van der Waals surface area contributed by atoms with E-state index in [2.05, 4.69) is 90.0 Å². The minimum atomic E-state index is -0.941. The quantitative estimate of drug-likeness (QED) is 0.0739. The Hall–Kier alpha value is -6.41. The van der Waals surface area contributed by atoms with Gasteiger partial charge in [0.1, 0.15) is 29.1 Å². The van der Waals surface area contributed by atoms with E-state index in [1.54, 1.807) is 6.08 Å². The van der Waals surface area contributed by atoms with E-state index in [-0.39, 0.29) is 25.0 Å². The highest BCUT2D eigenvalue weighted by molar-refractivity contribution is 5.88. The molecule has 2 aliphatic rings. The summed E-state index contributed by atoms with van der Waals surface area (Å²) in [5.41, 5.74) is 6.85. The molecule has 0 spiro atoms. The molecule has 0 aromatic heterocycles. The molecular weight excluding hydrogens is 805 g/mol. The molecule has 8 rings (SSSR count). The molecule has 0 unspecified atom stereocenters. The molecular formula is C58H60N2O5. The van der Waals surface area contributed by atoms with Crippen LogP contribution >= 0.6 is 0 Å². The standard InChI is InChI=1S/C58H60N2O5/c1-8-23-39(38-51(54(63)65-56(5,6)7)60-58(41-26-13-10-14-27-41)48-34-21-17-30-44(48)45-31-18-22-35-49(45)58)52(61)37-36-50(53(62)64-55(2,3)4)59-57(40-24-11-9-12-25-40)46-32-19-15-28-42(46)43-29-16-20-33-47(43)57/h8-22,24-35,39,50-51,59-60H,1,23,36-38H2,2-7H3/t39-,50-,51-/m0/s1.